The van der Waals surface area contributed by atoms with Crippen LogP contribution < -0.4 is 0 Å². The van der Waals surface area contributed by atoms with E-state index in [0.717, 1.165) is 19.4 Å². The molecule has 0 spiro atoms. The minimum absolute atomic E-state index is 0.0591. The molecule has 1 fully saturated rings. The third kappa shape index (κ3) is 3.53. The monoisotopic (exact) mass is 254 g/mol. The van der Waals surface area contributed by atoms with Gasteiger partial charge in [-0.05, 0) is 25.0 Å². The van der Waals surface area contributed by atoms with Gasteiger partial charge in [0.25, 0.3) is 0 Å². The summed E-state index contributed by atoms with van der Waals surface area (Å²) in [6.07, 6.45) is 2.24. The van der Waals surface area contributed by atoms with Crippen LogP contribution in [0.15, 0.2) is 24.3 Å². The van der Waals surface area contributed by atoms with Crippen LogP contribution in [0.2, 0.25) is 5.02 Å². The molecule has 0 saturated carbocycles. The molecule has 1 aliphatic heterocycles. The molecular formula is C13H15ClO3. The average Bonchev–Trinajstić information content (AvgIpc) is 2.82. The lowest BCUT2D eigenvalue weighted by molar-refractivity contribution is 0.0190. The van der Waals surface area contributed by atoms with Crippen LogP contribution in [0.5, 0.6) is 0 Å². The molecule has 1 aliphatic rings. The molecule has 1 unspecified atom stereocenters. The Kier molecular flexibility index (Phi) is 4.54. The first kappa shape index (κ1) is 12.6. The minimum atomic E-state index is -0.0893. The Bertz CT molecular complexity index is 386. The summed E-state index contributed by atoms with van der Waals surface area (Å²) < 4.78 is 10.8. The van der Waals surface area contributed by atoms with Crippen LogP contribution in [-0.4, -0.2) is 31.7 Å². The Morgan fingerprint density at radius 2 is 2.29 bits per heavy atom. The normalized spacial score (nSPS) is 19.5. The number of ether oxygens (including phenoxy) is 2. The third-order valence-electron chi connectivity index (χ3n) is 2.74. The molecule has 1 aromatic carbocycles. The van der Waals surface area contributed by atoms with Gasteiger partial charge in [-0.1, -0.05) is 23.7 Å². The molecule has 0 aliphatic carbocycles. The van der Waals surface area contributed by atoms with Crippen LogP contribution in [-0.2, 0) is 9.47 Å². The number of ketones is 1. The predicted octanol–water partition coefficient (Wildman–Crippen LogP) is 2.72. The molecule has 1 saturated heterocycles. The molecule has 17 heavy (non-hydrogen) atoms. The van der Waals surface area contributed by atoms with Crippen molar-refractivity contribution < 1.29 is 14.3 Å². The highest BCUT2D eigenvalue weighted by molar-refractivity contribution is 6.34. The quantitative estimate of drug-likeness (QED) is 0.758. The SMILES string of the molecule is O=C(COCC1CCCO1)c1ccccc1Cl. The summed E-state index contributed by atoms with van der Waals surface area (Å²) in [6.45, 7) is 1.34. The molecule has 0 radical (unpaired) electrons. The second-order valence-electron chi connectivity index (χ2n) is 4.05. The lowest BCUT2D eigenvalue weighted by atomic mass is 10.1. The Morgan fingerprint density at radius 1 is 1.47 bits per heavy atom. The Hall–Kier alpha value is -0.900. The van der Waals surface area contributed by atoms with Gasteiger partial charge in [0.2, 0.25) is 0 Å². The third-order valence-corrected chi connectivity index (χ3v) is 3.06. The molecule has 0 amide bonds. The zero-order valence-electron chi connectivity index (χ0n) is 9.52. The number of halogens is 1. The van der Waals surface area contributed by atoms with E-state index in [1.54, 1.807) is 24.3 Å². The van der Waals surface area contributed by atoms with Crippen LogP contribution in [0.3, 0.4) is 0 Å². The fraction of sp³-hybridized carbons (Fsp3) is 0.462. The molecule has 4 heteroatoms. The van der Waals surface area contributed by atoms with Gasteiger partial charge in [0.1, 0.15) is 6.61 Å². The van der Waals surface area contributed by atoms with Gasteiger partial charge >= 0.3 is 0 Å². The van der Waals surface area contributed by atoms with Crippen molar-refractivity contribution in [2.45, 2.75) is 18.9 Å². The van der Waals surface area contributed by atoms with E-state index in [1.165, 1.54) is 0 Å². The zero-order valence-corrected chi connectivity index (χ0v) is 10.3. The highest BCUT2D eigenvalue weighted by atomic mass is 35.5. The second kappa shape index (κ2) is 6.15. The molecule has 0 bridgehead atoms. The van der Waals surface area contributed by atoms with Crippen molar-refractivity contribution in [2.75, 3.05) is 19.8 Å². The molecule has 2 rings (SSSR count). The maximum absolute atomic E-state index is 11.8. The summed E-state index contributed by atoms with van der Waals surface area (Å²) in [4.78, 5) is 11.8. The molecule has 1 atom stereocenters. The predicted molar refractivity (Wildman–Crippen MR) is 65.6 cm³/mol. The molecular weight excluding hydrogens is 240 g/mol. The van der Waals surface area contributed by atoms with E-state index in [9.17, 15) is 4.79 Å². The molecule has 92 valence electrons. The average molecular weight is 255 g/mol. The van der Waals surface area contributed by atoms with E-state index in [4.69, 9.17) is 21.1 Å². The number of hydrogen-bond donors (Lipinski definition) is 0. The van der Waals surface area contributed by atoms with Crippen molar-refractivity contribution in [3.8, 4) is 0 Å². The fourth-order valence-electron chi connectivity index (χ4n) is 1.82. The van der Waals surface area contributed by atoms with E-state index in [-0.39, 0.29) is 18.5 Å². The van der Waals surface area contributed by atoms with Crippen molar-refractivity contribution in [3.63, 3.8) is 0 Å². The summed E-state index contributed by atoms with van der Waals surface area (Å²) in [6, 6.07) is 7.00. The highest BCUT2D eigenvalue weighted by Gasteiger charge is 2.16. The summed E-state index contributed by atoms with van der Waals surface area (Å²) in [5.41, 5.74) is 0.515. The van der Waals surface area contributed by atoms with Gasteiger partial charge in [-0.15, -0.1) is 0 Å². The first-order chi connectivity index (χ1) is 8.27. The topological polar surface area (TPSA) is 35.5 Å². The molecule has 0 aromatic heterocycles. The summed E-state index contributed by atoms with van der Waals surface area (Å²) in [5, 5.41) is 0.471. The fourth-order valence-corrected chi connectivity index (χ4v) is 2.07. The van der Waals surface area contributed by atoms with Crippen LogP contribution in [0.25, 0.3) is 0 Å². The number of benzene rings is 1. The van der Waals surface area contributed by atoms with Crippen LogP contribution in [0.1, 0.15) is 23.2 Å². The molecule has 0 N–H and O–H groups in total. The summed E-state index contributed by atoms with van der Waals surface area (Å²) >= 11 is 5.92. The maximum Gasteiger partial charge on any atom is 0.189 e. The van der Waals surface area contributed by atoms with Crippen LogP contribution >= 0.6 is 11.6 Å². The van der Waals surface area contributed by atoms with Crippen LogP contribution in [0, 0.1) is 0 Å². The van der Waals surface area contributed by atoms with E-state index in [1.807, 2.05) is 0 Å². The van der Waals surface area contributed by atoms with Gasteiger partial charge in [0.15, 0.2) is 5.78 Å². The lowest BCUT2D eigenvalue weighted by Crippen LogP contribution is -2.18. The van der Waals surface area contributed by atoms with Crippen molar-refractivity contribution >= 4 is 17.4 Å². The van der Waals surface area contributed by atoms with E-state index >= 15 is 0 Å². The van der Waals surface area contributed by atoms with E-state index < -0.39 is 0 Å². The molecule has 3 nitrogen and oxygen atoms in total. The minimum Gasteiger partial charge on any atom is -0.376 e. The second-order valence-corrected chi connectivity index (χ2v) is 4.46. The highest BCUT2D eigenvalue weighted by Crippen LogP contribution is 2.16. The van der Waals surface area contributed by atoms with Gasteiger partial charge in [0, 0.05) is 12.2 Å². The number of rotatable bonds is 5. The Balaban J connectivity index is 1.79. The van der Waals surface area contributed by atoms with Gasteiger partial charge in [-0.25, -0.2) is 0 Å². The van der Waals surface area contributed by atoms with E-state index in [0.29, 0.717) is 17.2 Å². The summed E-state index contributed by atoms with van der Waals surface area (Å²) in [7, 11) is 0. The van der Waals surface area contributed by atoms with Crippen LogP contribution in [0.4, 0.5) is 0 Å². The molecule has 1 heterocycles. The Morgan fingerprint density at radius 3 is 3.00 bits per heavy atom. The first-order valence-electron chi connectivity index (χ1n) is 5.74. The summed E-state index contributed by atoms with van der Waals surface area (Å²) in [5.74, 6) is -0.0893. The van der Waals surface area contributed by atoms with Gasteiger partial charge < -0.3 is 9.47 Å². The number of carbonyl (C=O) groups is 1. The standard InChI is InChI=1S/C13H15ClO3/c14-12-6-2-1-5-11(12)13(15)9-16-8-10-4-3-7-17-10/h1-2,5-6,10H,3-4,7-9H2. The van der Waals surface area contributed by atoms with Crippen molar-refractivity contribution in [1.29, 1.82) is 0 Å². The smallest absolute Gasteiger partial charge is 0.189 e. The zero-order chi connectivity index (χ0) is 12.1. The van der Waals surface area contributed by atoms with Gasteiger partial charge in [-0.3, -0.25) is 4.79 Å². The number of hydrogen-bond acceptors (Lipinski definition) is 3. The number of carbonyl (C=O) groups excluding carboxylic acids is 1. The van der Waals surface area contributed by atoms with Gasteiger partial charge in [0.05, 0.1) is 17.7 Å². The van der Waals surface area contributed by atoms with Crippen molar-refractivity contribution in [1.82, 2.24) is 0 Å². The lowest BCUT2D eigenvalue weighted by Gasteiger charge is -2.09. The van der Waals surface area contributed by atoms with Crippen molar-refractivity contribution in [2.24, 2.45) is 0 Å². The van der Waals surface area contributed by atoms with Gasteiger partial charge in [-0.2, -0.15) is 0 Å². The first-order valence-corrected chi connectivity index (χ1v) is 6.12. The number of Topliss-reactive ketones (excluding diaryl/α,β-unsaturated/α-hetero) is 1. The maximum atomic E-state index is 11.8. The van der Waals surface area contributed by atoms with Crippen molar-refractivity contribution in [3.05, 3.63) is 34.9 Å². The largest absolute Gasteiger partial charge is 0.376 e. The van der Waals surface area contributed by atoms with E-state index in [2.05, 4.69) is 0 Å². The molecule has 1 aromatic rings. The Labute approximate surface area is 106 Å².